The number of para-hydroxylation sites is 1. The Morgan fingerprint density at radius 2 is 2.08 bits per heavy atom. The summed E-state index contributed by atoms with van der Waals surface area (Å²) in [5.41, 5.74) is 1.89. The number of hydrogen-bond donors (Lipinski definition) is 0. The van der Waals surface area contributed by atoms with Crippen LogP contribution >= 0.6 is 11.8 Å². The van der Waals surface area contributed by atoms with Crippen LogP contribution in [0, 0.1) is 0 Å². The van der Waals surface area contributed by atoms with Crippen molar-refractivity contribution in [3.8, 4) is 0 Å². The number of hydroxylamine groups is 2. The fourth-order valence-electron chi connectivity index (χ4n) is 2.30. The second kappa shape index (κ2) is 8.49. The van der Waals surface area contributed by atoms with Crippen molar-refractivity contribution in [1.82, 2.24) is 10.0 Å². The SMILES string of the molecule is C[C@@H](CCSCc1cnc2ccccc2c1)N(C=O)OC(C)(C)C. The number of fused-ring (bicyclic) bond motifs is 1. The van der Waals surface area contributed by atoms with Crippen molar-refractivity contribution < 1.29 is 9.63 Å². The van der Waals surface area contributed by atoms with Gasteiger partial charge >= 0.3 is 0 Å². The van der Waals surface area contributed by atoms with E-state index in [1.54, 1.807) is 0 Å². The van der Waals surface area contributed by atoms with Crippen LogP contribution in [-0.4, -0.2) is 33.9 Å². The molecule has 1 aromatic carbocycles. The number of rotatable bonds is 8. The van der Waals surface area contributed by atoms with Gasteiger partial charge in [0.25, 0.3) is 0 Å². The highest BCUT2D eigenvalue weighted by Gasteiger charge is 2.20. The van der Waals surface area contributed by atoms with Gasteiger partial charge in [0, 0.05) is 17.3 Å². The van der Waals surface area contributed by atoms with Crippen LogP contribution in [0.2, 0.25) is 0 Å². The largest absolute Gasteiger partial charge is 0.276 e. The first-order valence-corrected chi connectivity index (χ1v) is 9.39. The van der Waals surface area contributed by atoms with Crippen molar-refractivity contribution in [2.45, 2.75) is 51.5 Å². The van der Waals surface area contributed by atoms with Gasteiger partial charge in [-0.15, -0.1) is 0 Å². The molecule has 0 N–H and O–H groups in total. The van der Waals surface area contributed by atoms with Gasteiger partial charge in [-0.25, -0.2) is 5.06 Å². The Hall–Kier alpha value is -1.59. The highest BCUT2D eigenvalue weighted by atomic mass is 32.2. The lowest BCUT2D eigenvalue weighted by Gasteiger charge is -2.31. The molecule has 2 rings (SSSR count). The summed E-state index contributed by atoms with van der Waals surface area (Å²) in [6, 6.07) is 10.4. The van der Waals surface area contributed by atoms with Gasteiger partial charge in [0.05, 0.1) is 17.2 Å². The molecule has 0 unspecified atom stereocenters. The van der Waals surface area contributed by atoms with Gasteiger partial charge in [0.2, 0.25) is 6.41 Å². The molecule has 1 aromatic heterocycles. The smallest absolute Gasteiger partial charge is 0.233 e. The van der Waals surface area contributed by atoms with E-state index in [0.717, 1.165) is 29.9 Å². The van der Waals surface area contributed by atoms with Crippen molar-refractivity contribution in [3.05, 3.63) is 42.1 Å². The third-order valence-electron chi connectivity index (χ3n) is 3.51. The molecule has 0 fully saturated rings. The van der Waals surface area contributed by atoms with Gasteiger partial charge in [-0.2, -0.15) is 11.8 Å². The fraction of sp³-hybridized carbons (Fsp3) is 0.474. The normalized spacial score (nSPS) is 13.0. The monoisotopic (exact) mass is 346 g/mol. The zero-order chi connectivity index (χ0) is 17.6. The first-order valence-electron chi connectivity index (χ1n) is 8.23. The van der Waals surface area contributed by atoms with Gasteiger partial charge in [0.1, 0.15) is 0 Å². The summed E-state index contributed by atoms with van der Waals surface area (Å²) < 4.78 is 0. The van der Waals surface area contributed by atoms with E-state index in [1.807, 2.05) is 63.9 Å². The molecule has 2 aromatic rings. The van der Waals surface area contributed by atoms with Crippen molar-refractivity contribution in [1.29, 1.82) is 0 Å². The van der Waals surface area contributed by atoms with E-state index in [4.69, 9.17) is 4.84 Å². The molecule has 1 heterocycles. The molecule has 0 saturated heterocycles. The number of amides is 1. The molecule has 0 aliphatic heterocycles. The minimum absolute atomic E-state index is 0.0592. The Morgan fingerprint density at radius 1 is 1.33 bits per heavy atom. The minimum Gasteiger partial charge on any atom is -0.276 e. The molecule has 0 radical (unpaired) electrons. The summed E-state index contributed by atoms with van der Waals surface area (Å²) in [5.74, 6) is 1.89. The molecule has 0 saturated carbocycles. The van der Waals surface area contributed by atoms with Crippen LogP contribution < -0.4 is 0 Å². The van der Waals surface area contributed by atoms with Crippen LogP contribution in [0.25, 0.3) is 10.9 Å². The van der Waals surface area contributed by atoms with E-state index < -0.39 is 0 Å². The second-order valence-electron chi connectivity index (χ2n) is 6.90. The summed E-state index contributed by atoms with van der Waals surface area (Å²) >= 11 is 1.85. The second-order valence-corrected chi connectivity index (χ2v) is 8.00. The summed E-state index contributed by atoms with van der Waals surface area (Å²) in [4.78, 5) is 21.3. The highest BCUT2D eigenvalue weighted by Crippen LogP contribution is 2.19. The molecule has 5 heteroatoms. The van der Waals surface area contributed by atoms with E-state index in [0.29, 0.717) is 0 Å². The number of carbonyl (C=O) groups is 1. The van der Waals surface area contributed by atoms with Gasteiger partial charge in [-0.1, -0.05) is 18.2 Å². The van der Waals surface area contributed by atoms with E-state index in [2.05, 4.69) is 17.1 Å². The number of carbonyl (C=O) groups excluding carboxylic acids is 1. The van der Waals surface area contributed by atoms with Crippen LogP contribution in [0.3, 0.4) is 0 Å². The molecule has 1 atom stereocenters. The Balaban J connectivity index is 1.79. The summed E-state index contributed by atoms with van der Waals surface area (Å²) in [6.45, 7) is 7.84. The quantitative estimate of drug-likeness (QED) is 0.403. The lowest BCUT2D eigenvalue weighted by atomic mass is 10.2. The van der Waals surface area contributed by atoms with Crippen LogP contribution in [-0.2, 0) is 15.4 Å². The Labute approximate surface area is 148 Å². The molecule has 24 heavy (non-hydrogen) atoms. The van der Waals surface area contributed by atoms with Crippen molar-refractivity contribution in [3.63, 3.8) is 0 Å². The maximum Gasteiger partial charge on any atom is 0.233 e. The number of hydrogen-bond acceptors (Lipinski definition) is 4. The van der Waals surface area contributed by atoms with Gasteiger partial charge in [0.15, 0.2) is 0 Å². The van der Waals surface area contributed by atoms with Crippen molar-refractivity contribution in [2.75, 3.05) is 5.75 Å². The Kier molecular flexibility index (Phi) is 6.63. The summed E-state index contributed by atoms with van der Waals surface area (Å²) in [6.07, 6.45) is 3.60. The molecule has 130 valence electrons. The van der Waals surface area contributed by atoms with E-state index >= 15 is 0 Å². The molecule has 0 aliphatic rings. The summed E-state index contributed by atoms with van der Waals surface area (Å²) in [5, 5.41) is 2.60. The van der Waals surface area contributed by atoms with Gasteiger partial charge < -0.3 is 0 Å². The first-order chi connectivity index (χ1) is 11.4. The standard InChI is InChI=1S/C19H26N2O2S/c1-15(21(14-22)23-19(2,3)4)9-10-24-13-16-11-17-7-5-6-8-18(17)20-12-16/h5-8,11-12,14-15H,9-10,13H2,1-4H3/t15-/m0/s1. The van der Waals surface area contributed by atoms with Crippen LogP contribution in [0.15, 0.2) is 36.5 Å². The van der Waals surface area contributed by atoms with E-state index in [-0.39, 0.29) is 11.6 Å². The average Bonchev–Trinajstić information content (AvgIpc) is 2.55. The molecular formula is C19H26N2O2S. The Morgan fingerprint density at radius 3 is 2.79 bits per heavy atom. The fourth-order valence-corrected chi connectivity index (χ4v) is 3.34. The molecule has 1 amide bonds. The van der Waals surface area contributed by atoms with Gasteiger partial charge in [-0.05, 0) is 57.6 Å². The van der Waals surface area contributed by atoms with Crippen LogP contribution in [0.1, 0.15) is 39.7 Å². The highest BCUT2D eigenvalue weighted by molar-refractivity contribution is 7.98. The van der Waals surface area contributed by atoms with E-state index in [1.165, 1.54) is 16.0 Å². The zero-order valence-corrected chi connectivity index (χ0v) is 15.7. The third kappa shape index (κ3) is 5.80. The molecular weight excluding hydrogens is 320 g/mol. The average molecular weight is 346 g/mol. The summed E-state index contributed by atoms with van der Waals surface area (Å²) in [7, 11) is 0. The zero-order valence-electron chi connectivity index (χ0n) is 14.9. The first kappa shape index (κ1) is 18.7. The topological polar surface area (TPSA) is 42.4 Å². The molecule has 0 spiro atoms. The van der Waals surface area contributed by atoms with E-state index in [9.17, 15) is 4.79 Å². The number of aromatic nitrogens is 1. The number of thioether (sulfide) groups is 1. The van der Waals surface area contributed by atoms with Crippen LogP contribution in [0.5, 0.6) is 0 Å². The maximum atomic E-state index is 11.2. The number of benzene rings is 1. The minimum atomic E-state index is -0.362. The predicted molar refractivity (Wildman–Crippen MR) is 101 cm³/mol. The molecule has 0 aliphatic carbocycles. The third-order valence-corrected chi connectivity index (χ3v) is 4.58. The van der Waals surface area contributed by atoms with Crippen LogP contribution in [0.4, 0.5) is 0 Å². The molecule has 0 bridgehead atoms. The number of pyridine rings is 1. The lowest BCUT2D eigenvalue weighted by Crippen LogP contribution is -2.39. The predicted octanol–water partition coefficient (Wildman–Crippen LogP) is 4.44. The Bertz CT molecular complexity index is 670. The van der Waals surface area contributed by atoms with Gasteiger partial charge in [-0.3, -0.25) is 14.6 Å². The molecule has 4 nitrogen and oxygen atoms in total. The number of nitrogens with zero attached hydrogens (tertiary/aromatic N) is 2. The van der Waals surface area contributed by atoms with Crippen molar-refractivity contribution in [2.24, 2.45) is 0 Å². The maximum absolute atomic E-state index is 11.2. The van der Waals surface area contributed by atoms with Crippen molar-refractivity contribution >= 4 is 29.1 Å². The lowest BCUT2D eigenvalue weighted by molar-refractivity contribution is -0.230.